The summed E-state index contributed by atoms with van der Waals surface area (Å²) in [6.45, 7) is 4.18. The molecule has 2 aliphatic rings. The van der Waals surface area contributed by atoms with Crippen molar-refractivity contribution in [3.05, 3.63) is 45.6 Å². The number of rotatable bonds is 4. The van der Waals surface area contributed by atoms with Crippen LogP contribution in [0.3, 0.4) is 0 Å². The van der Waals surface area contributed by atoms with Gasteiger partial charge in [0.1, 0.15) is 16.5 Å². The quantitative estimate of drug-likeness (QED) is 0.561. The van der Waals surface area contributed by atoms with E-state index >= 15 is 0 Å². The van der Waals surface area contributed by atoms with Crippen LogP contribution in [-0.2, 0) is 29.3 Å². The number of sulfonamides is 1. The van der Waals surface area contributed by atoms with Crippen molar-refractivity contribution >= 4 is 49.0 Å². The van der Waals surface area contributed by atoms with E-state index in [9.17, 15) is 8.42 Å². The SMILES string of the molecule is CCc1nc(N2CCN(S(=O)(=O)c3ccc(Cl)cc3)CC2)c2c3c(sc2n1)CCCC3. The monoisotopic (exact) mass is 476 g/mol. The summed E-state index contributed by atoms with van der Waals surface area (Å²) in [5, 5.41) is 1.73. The molecule has 0 atom stereocenters. The van der Waals surface area contributed by atoms with E-state index in [-0.39, 0.29) is 4.90 Å². The minimum Gasteiger partial charge on any atom is -0.353 e. The second-order valence-corrected chi connectivity index (χ2v) is 11.5. The van der Waals surface area contributed by atoms with Gasteiger partial charge in [-0.1, -0.05) is 18.5 Å². The predicted molar refractivity (Wildman–Crippen MR) is 126 cm³/mol. The number of halogens is 1. The van der Waals surface area contributed by atoms with Crippen LogP contribution in [0.1, 0.15) is 36.0 Å². The van der Waals surface area contributed by atoms with Gasteiger partial charge in [0.15, 0.2) is 0 Å². The van der Waals surface area contributed by atoms with Crippen LogP contribution in [0, 0.1) is 0 Å². The topological polar surface area (TPSA) is 66.4 Å². The molecule has 0 N–H and O–H groups in total. The zero-order valence-electron chi connectivity index (χ0n) is 17.5. The Kier molecular flexibility index (Phi) is 5.66. The van der Waals surface area contributed by atoms with Gasteiger partial charge in [-0.05, 0) is 55.5 Å². The van der Waals surface area contributed by atoms with Crippen molar-refractivity contribution in [1.82, 2.24) is 14.3 Å². The average molecular weight is 477 g/mol. The number of hydrogen-bond acceptors (Lipinski definition) is 6. The van der Waals surface area contributed by atoms with Crippen LogP contribution in [0.25, 0.3) is 10.2 Å². The molecule has 9 heteroatoms. The molecule has 1 aliphatic heterocycles. The van der Waals surface area contributed by atoms with Gasteiger partial charge in [0, 0.05) is 42.5 Å². The van der Waals surface area contributed by atoms with E-state index in [4.69, 9.17) is 21.6 Å². The van der Waals surface area contributed by atoms with E-state index < -0.39 is 10.0 Å². The van der Waals surface area contributed by atoms with Gasteiger partial charge in [0.2, 0.25) is 10.0 Å². The van der Waals surface area contributed by atoms with Gasteiger partial charge < -0.3 is 4.90 Å². The lowest BCUT2D eigenvalue weighted by molar-refractivity contribution is 0.384. The maximum Gasteiger partial charge on any atom is 0.243 e. The first-order valence-corrected chi connectivity index (χ1v) is 13.4. The van der Waals surface area contributed by atoms with Crippen LogP contribution in [0.4, 0.5) is 5.82 Å². The molecule has 0 radical (unpaired) electrons. The number of benzene rings is 1. The molecule has 164 valence electrons. The summed E-state index contributed by atoms with van der Waals surface area (Å²) in [5.74, 6) is 1.85. The zero-order valence-corrected chi connectivity index (χ0v) is 19.9. The number of hydrogen-bond donors (Lipinski definition) is 0. The number of aryl methyl sites for hydroxylation is 3. The summed E-state index contributed by atoms with van der Waals surface area (Å²) in [5.41, 5.74) is 1.42. The minimum absolute atomic E-state index is 0.287. The summed E-state index contributed by atoms with van der Waals surface area (Å²) >= 11 is 7.74. The van der Waals surface area contributed by atoms with Crippen LogP contribution in [-0.4, -0.2) is 48.9 Å². The molecule has 1 saturated heterocycles. The van der Waals surface area contributed by atoms with Crippen LogP contribution < -0.4 is 4.90 Å². The highest BCUT2D eigenvalue weighted by atomic mass is 35.5. The third-order valence-electron chi connectivity index (χ3n) is 6.15. The zero-order chi connectivity index (χ0) is 21.6. The van der Waals surface area contributed by atoms with Crippen LogP contribution in [0.15, 0.2) is 29.2 Å². The smallest absolute Gasteiger partial charge is 0.243 e. The minimum atomic E-state index is -3.53. The normalized spacial score (nSPS) is 17.8. The predicted octanol–water partition coefficient (Wildman–Crippen LogP) is 4.30. The van der Waals surface area contributed by atoms with Gasteiger partial charge in [0.25, 0.3) is 0 Å². The lowest BCUT2D eigenvalue weighted by Crippen LogP contribution is -2.49. The van der Waals surface area contributed by atoms with Gasteiger partial charge in [-0.25, -0.2) is 18.4 Å². The van der Waals surface area contributed by atoms with E-state index in [1.165, 1.54) is 28.7 Å². The lowest BCUT2D eigenvalue weighted by atomic mass is 9.97. The Morgan fingerprint density at radius 1 is 1.03 bits per heavy atom. The molecule has 1 fully saturated rings. The highest BCUT2D eigenvalue weighted by Crippen LogP contribution is 2.40. The van der Waals surface area contributed by atoms with Crippen molar-refractivity contribution in [1.29, 1.82) is 0 Å². The van der Waals surface area contributed by atoms with Crippen LogP contribution in [0.5, 0.6) is 0 Å². The Hall–Kier alpha value is -1.74. The Morgan fingerprint density at radius 3 is 2.45 bits per heavy atom. The first kappa shape index (κ1) is 21.1. The van der Waals surface area contributed by atoms with Crippen molar-refractivity contribution in [2.45, 2.75) is 43.9 Å². The highest BCUT2D eigenvalue weighted by molar-refractivity contribution is 7.89. The van der Waals surface area contributed by atoms with Crippen molar-refractivity contribution < 1.29 is 8.42 Å². The molecule has 0 spiro atoms. The number of aromatic nitrogens is 2. The van der Waals surface area contributed by atoms with Crippen molar-refractivity contribution in [3.8, 4) is 0 Å². The summed E-state index contributed by atoms with van der Waals surface area (Å²) < 4.78 is 27.7. The summed E-state index contributed by atoms with van der Waals surface area (Å²) in [6, 6.07) is 6.38. The van der Waals surface area contributed by atoms with Gasteiger partial charge >= 0.3 is 0 Å². The van der Waals surface area contributed by atoms with E-state index in [1.54, 1.807) is 28.6 Å². The van der Waals surface area contributed by atoms with Gasteiger partial charge in [-0.15, -0.1) is 11.3 Å². The number of nitrogens with zero attached hydrogens (tertiary/aromatic N) is 4. The van der Waals surface area contributed by atoms with E-state index in [2.05, 4.69) is 11.8 Å². The molecule has 0 unspecified atom stereocenters. The van der Waals surface area contributed by atoms with Crippen molar-refractivity contribution in [2.24, 2.45) is 0 Å². The average Bonchev–Trinajstić information content (AvgIpc) is 3.17. The molecule has 5 rings (SSSR count). The van der Waals surface area contributed by atoms with Gasteiger partial charge in [-0.3, -0.25) is 0 Å². The molecule has 3 heterocycles. The first-order chi connectivity index (χ1) is 15.0. The summed E-state index contributed by atoms with van der Waals surface area (Å²) in [4.78, 5) is 14.8. The van der Waals surface area contributed by atoms with E-state index in [0.717, 1.165) is 35.7 Å². The maximum atomic E-state index is 13.0. The first-order valence-electron chi connectivity index (χ1n) is 10.8. The standard InChI is InChI=1S/C22H25ClN4O2S2/c1-2-19-24-21(20-17-5-3-4-6-18(17)30-22(20)25-19)26-11-13-27(14-12-26)31(28,29)16-9-7-15(23)8-10-16/h7-10H,2-6,11-14H2,1H3. The Bertz CT molecular complexity index is 1220. The molecule has 31 heavy (non-hydrogen) atoms. The molecule has 0 bridgehead atoms. The van der Waals surface area contributed by atoms with Gasteiger partial charge in [-0.2, -0.15) is 4.31 Å². The third kappa shape index (κ3) is 3.84. The van der Waals surface area contributed by atoms with Gasteiger partial charge in [0.05, 0.1) is 10.3 Å². The van der Waals surface area contributed by atoms with Crippen molar-refractivity contribution in [3.63, 3.8) is 0 Å². The van der Waals surface area contributed by atoms with E-state index in [0.29, 0.717) is 31.2 Å². The molecule has 3 aromatic rings. The summed E-state index contributed by atoms with van der Waals surface area (Å²) in [7, 11) is -3.53. The lowest BCUT2D eigenvalue weighted by Gasteiger charge is -2.35. The number of anilines is 1. The fraction of sp³-hybridized carbons (Fsp3) is 0.455. The van der Waals surface area contributed by atoms with E-state index in [1.807, 2.05) is 11.3 Å². The molecule has 2 aromatic heterocycles. The molecular weight excluding hydrogens is 452 g/mol. The second-order valence-electron chi connectivity index (χ2n) is 8.05. The third-order valence-corrected chi connectivity index (χ3v) is 9.50. The maximum absolute atomic E-state index is 13.0. The summed E-state index contributed by atoms with van der Waals surface area (Å²) in [6.07, 6.45) is 5.45. The highest BCUT2D eigenvalue weighted by Gasteiger charge is 2.31. The fourth-order valence-electron chi connectivity index (χ4n) is 4.46. The number of thiophene rings is 1. The second kappa shape index (κ2) is 8.31. The largest absolute Gasteiger partial charge is 0.353 e. The number of fused-ring (bicyclic) bond motifs is 3. The molecule has 1 aromatic carbocycles. The number of piperazine rings is 1. The molecule has 0 amide bonds. The molecule has 1 aliphatic carbocycles. The molecular formula is C22H25ClN4O2S2. The fourth-order valence-corrected chi connectivity index (χ4v) is 7.29. The van der Waals surface area contributed by atoms with Crippen LogP contribution >= 0.6 is 22.9 Å². The van der Waals surface area contributed by atoms with Crippen LogP contribution in [0.2, 0.25) is 5.02 Å². The Morgan fingerprint density at radius 2 is 1.74 bits per heavy atom. The Balaban J connectivity index is 1.44. The molecule has 6 nitrogen and oxygen atoms in total. The molecule has 0 saturated carbocycles. The van der Waals surface area contributed by atoms with Crippen molar-refractivity contribution in [2.75, 3.05) is 31.1 Å². The Labute approximate surface area is 191 Å².